The molecule has 0 unspecified atom stereocenters. The van der Waals surface area contributed by atoms with Crippen molar-refractivity contribution < 1.29 is 19.1 Å². The van der Waals surface area contributed by atoms with E-state index in [1.54, 1.807) is 0 Å². The Morgan fingerprint density at radius 3 is 2.59 bits per heavy atom. The second kappa shape index (κ2) is 8.87. The molecule has 148 valence electrons. The number of amides is 2. The molecule has 0 spiro atoms. The van der Waals surface area contributed by atoms with Crippen molar-refractivity contribution in [1.82, 2.24) is 5.32 Å². The number of hydrogen-bond acceptors (Lipinski definition) is 5. The number of nitrogens with one attached hydrogen (secondary N) is 2. The van der Waals surface area contributed by atoms with Gasteiger partial charge in [-0.25, -0.2) is 4.79 Å². The summed E-state index contributed by atoms with van der Waals surface area (Å²) in [5.74, 6) is -0.544. The summed E-state index contributed by atoms with van der Waals surface area (Å²) in [6.45, 7) is 3.28. The van der Waals surface area contributed by atoms with E-state index >= 15 is 0 Å². The number of rotatable bonds is 5. The summed E-state index contributed by atoms with van der Waals surface area (Å²) in [5, 5.41) is 6.29. The maximum absolute atomic E-state index is 12.7. The number of carbonyl (C=O) groups excluding carboxylic acids is 3. The van der Waals surface area contributed by atoms with Crippen LogP contribution in [0.3, 0.4) is 0 Å². The highest BCUT2D eigenvalue weighted by molar-refractivity contribution is 7.17. The van der Waals surface area contributed by atoms with E-state index in [2.05, 4.69) is 17.6 Å². The second-order valence-corrected chi connectivity index (χ2v) is 8.71. The first-order valence-electron chi connectivity index (χ1n) is 9.84. The maximum atomic E-state index is 12.7. The number of carbonyl (C=O) groups is 3. The van der Waals surface area contributed by atoms with Crippen molar-refractivity contribution in [3.8, 4) is 0 Å². The van der Waals surface area contributed by atoms with E-state index in [1.807, 2.05) is 0 Å². The molecule has 2 aliphatic carbocycles. The highest BCUT2D eigenvalue weighted by Gasteiger charge is 2.28. The third-order valence-corrected chi connectivity index (χ3v) is 6.66. The molecule has 7 heteroatoms. The summed E-state index contributed by atoms with van der Waals surface area (Å²) in [7, 11) is 0. The Bertz CT molecular complexity index is 728. The average molecular weight is 393 g/mol. The number of esters is 1. The summed E-state index contributed by atoms with van der Waals surface area (Å²) in [5.41, 5.74) is 1.41. The number of hydrogen-bond donors (Lipinski definition) is 2. The van der Waals surface area contributed by atoms with E-state index < -0.39 is 5.97 Å². The van der Waals surface area contributed by atoms with Gasteiger partial charge in [-0.05, 0) is 50.0 Å². The Kier molecular flexibility index (Phi) is 6.52. The summed E-state index contributed by atoms with van der Waals surface area (Å²) >= 11 is 1.45. The Labute approximate surface area is 164 Å². The van der Waals surface area contributed by atoms with Crippen molar-refractivity contribution in [2.45, 2.75) is 71.3 Å². The monoisotopic (exact) mass is 392 g/mol. The van der Waals surface area contributed by atoms with Crippen LogP contribution < -0.4 is 10.6 Å². The van der Waals surface area contributed by atoms with Crippen LogP contribution in [-0.2, 0) is 27.2 Å². The standard InChI is InChI=1S/C20H28N2O4S/c1-12-7-3-5-9-15(12)22-17(24)11-26-20(25)18-14-8-4-6-10-16(14)27-19(18)21-13(2)23/h12,15H,3-11H2,1-2H3,(H,21,23)(H,22,24)/t12-,15-/m0/s1. The van der Waals surface area contributed by atoms with Crippen LogP contribution in [0.1, 0.15) is 73.2 Å². The molecule has 0 aliphatic heterocycles. The van der Waals surface area contributed by atoms with Crippen LogP contribution in [-0.4, -0.2) is 30.4 Å². The summed E-state index contributed by atoms with van der Waals surface area (Å²) < 4.78 is 5.32. The van der Waals surface area contributed by atoms with Crippen LogP contribution in [0.2, 0.25) is 0 Å². The lowest BCUT2D eigenvalue weighted by atomic mass is 9.86. The van der Waals surface area contributed by atoms with Gasteiger partial charge >= 0.3 is 5.97 Å². The molecule has 0 bridgehead atoms. The van der Waals surface area contributed by atoms with Gasteiger partial charge < -0.3 is 15.4 Å². The highest BCUT2D eigenvalue weighted by Crippen LogP contribution is 2.38. The fraction of sp³-hybridized carbons (Fsp3) is 0.650. The fourth-order valence-electron chi connectivity index (χ4n) is 4.01. The molecule has 1 heterocycles. The smallest absolute Gasteiger partial charge is 0.341 e. The molecule has 27 heavy (non-hydrogen) atoms. The lowest BCUT2D eigenvalue weighted by Crippen LogP contribution is -2.42. The number of ether oxygens (including phenoxy) is 1. The molecule has 6 nitrogen and oxygen atoms in total. The van der Waals surface area contributed by atoms with E-state index in [4.69, 9.17) is 4.74 Å². The SMILES string of the molecule is CC(=O)Nc1sc2c(c1C(=O)OCC(=O)N[C@H]1CCCC[C@@H]1C)CCCC2. The van der Waals surface area contributed by atoms with Gasteiger partial charge in [-0.1, -0.05) is 19.8 Å². The summed E-state index contributed by atoms with van der Waals surface area (Å²) in [4.78, 5) is 37.6. The molecule has 1 fully saturated rings. The summed E-state index contributed by atoms with van der Waals surface area (Å²) in [6.07, 6.45) is 8.25. The van der Waals surface area contributed by atoms with Gasteiger partial charge in [0.25, 0.3) is 5.91 Å². The Balaban J connectivity index is 1.64. The fourth-order valence-corrected chi connectivity index (χ4v) is 5.34. The zero-order valence-electron chi connectivity index (χ0n) is 16.1. The quantitative estimate of drug-likeness (QED) is 0.752. The molecule has 1 aromatic heterocycles. The van der Waals surface area contributed by atoms with Gasteiger partial charge in [0, 0.05) is 17.8 Å². The third-order valence-electron chi connectivity index (χ3n) is 5.46. The molecule has 2 atom stereocenters. The Morgan fingerprint density at radius 1 is 1.11 bits per heavy atom. The molecule has 2 aliphatic rings. The molecule has 3 rings (SSSR count). The molecule has 2 amide bonds. The van der Waals surface area contributed by atoms with Crippen LogP contribution in [0.4, 0.5) is 5.00 Å². The van der Waals surface area contributed by atoms with Crippen molar-refractivity contribution in [3.63, 3.8) is 0 Å². The van der Waals surface area contributed by atoms with Crippen molar-refractivity contribution in [1.29, 1.82) is 0 Å². The maximum Gasteiger partial charge on any atom is 0.341 e. The molecule has 0 aromatic carbocycles. The van der Waals surface area contributed by atoms with Crippen LogP contribution >= 0.6 is 11.3 Å². The second-order valence-electron chi connectivity index (χ2n) is 7.61. The highest BCUT2D eigenvalue weighted by atomic mass is 32.1. The van der Waals surface area contributed by atoms with E-state index in [0.717, 1.165) is 55.4 Å². The number of anilines is 1. The van der Waals surface area contributed by atoms with Crippen LogP contribution in [0, 0.1) is 5.92 Å². The Morgan fingerprint density at radius 2 is 1.85 bits per heavy atom. The lowest BCUT2D eigenvalue weighted by molar-refractivity contribution is -0.125. The molecule has 0 saturated heterocycles. The average Bonchev–Trinajstić information content (AvgIpc) is 2.98. The predicted octanol–water partition coefficient (Wildman–Crippen LogP) is 3.44. The Hall–Kier alpha value is -1.89. The van der Waals surface area contributed by atoms with Crippen molar-refractivity contribution in [2.75, 3.05) is 11.9 Å². The van der Waals surface area contributed by atoms with E-state index in [0.29, 0.717) is 16.5 Å². The minimum absolute atomic E-state index is 0.161. The van der Waals surface area contributed by atoms with Crippen molar-refractivity contribution in [2.24, 2.45) is 5.92 Å². The topological polar surface area (TPSA) is 84.5 Å². The van der Waals surface area contributed by atoms with E-state index in [-0.39, 0.29) is 24.5 Å². The number of aryl methyl sites for hydroxylation is 1. The van der Waals surface area contributed by atoms with Crippen molar-refractivity contribution in [3.05, 3.63) is 16.0 Å². The molecular formula is C20H28N2O4S. The lowest BCUT2D eigenvalue weighted by Gasteiger charge is -2.29. The predicted molar refractivity (Wildman–Crippen MR) is 105 cm³/mol. The normalized spacial score (nSPS) is 21.9. The molecule has 1 aromatic rings. The third kappa shape index (κ3) is 4.89. The van der Waals surface area contributed by atoms with Gasteiger partial charge in [0.2, 0.25) is 5.91 Å². The van der Waals surface area contributed by atoms with E-state index in [9.17, 15) is 14.4 Å². The van der Waals surface area contributed by atoms with Gasteiger partial charge in [0.1, 0.15) is 5.00 Å². The van der Waals surface area contributed by atoms with Crippen LogP contribution in [0.5, 0.6) is 0 Å². The van der Waals surface area contributed by atoms with Gasteiger partial charge in [-0.15, -0.1) is 11.3 Å². The zero-order valence-corrected chi connectivity index (χ0v) is 16.9. The molecule has 1 saturated carbocycles. The number of thiophene rings is 1. The van der Waals surface area contributed by atoms with Gasteiger partial charge in [0.15, 0.2) is 6.61 Å². The van der Waals surface area contributed by atoms with Gasteiger partial charge in [0.05, 0.1) is 5.56 Å². The minimum atomic E-state index is -0.523. The summed E-state index contributed by atoms with van der Waals surface area (Å²) in [6, 6.07) is 0.161. The first kappa shape index (κ1) is 19.9. The van der Waals surface area contributed by atoms with E-state index in [1.165, 1.54) is 24.7 Å². The van der Waals surface area contributed by atoms with Crippen LogP contribution in [0.15, 0.2) is 0 Å². The largest absolute Gasteiger partial charge is 0.452 e. The van der Waals surface area contributed by atoms with Gasteiger partial charge in [-0.3, -0.25) is 9.59 Å². The van der Waals surface area contributed by atoms with Gasteiger partial charge in [-0.2, -0.15) is 0 Å². The van der Waals surface area contributed by atoms with Crippen LogP contribution in [0.25, 0.3) is 0 Å². The van der Waals surface area contributed by atoms with Crippen molar-refractivity contribution >= 4 is 34.1 Å². The first-order valence-corrected chi connectivity index (χ1v) is 10.7. The first-order chi connectivity index (χ1) is 13.0. The molecule has 0 radical (unpaired) electrons. The molecule has 2 N–H and O–H groups in total. The zero-order chi connectivity index (χ0) is 19.4. The number of fused-ring (bicyclic) bond motifs is 1. The minimum Gasteiger partial charge on any atom is -0.452 e. The molecular weight excluding hydrogens is 364 g/mol.